The zero-order valence-electron chi connectivity index (χ0n) is 15.4. The average molecular weight is 433 g/mol. The summed E-state index contributed by atoms with van der Waals surface area (Å²) < 4.78 is 54.0. The lowest BCUT2D eigenvalue weighted by molar-refractivity contribution is -0.137. The number of benzene rings is 2. The molecule has 0 fully saturated rings. The Kier molecular flexibility index (Phi) is 5.29. The smallest absolute Gasteiger partial charge is 0.350 e. The van der Waals surface area contributed by atoms with Crippen molar-refractivity contribution in [2.75, 3.05) is 6.54 Å². The monoisotopic (exact) mass is 433 g/mol. The van der Waals surface area contributed by atoms with Crippen LogP contribution in [0.25, 0.3) is 16.2 Å². The summed E-state index contributed by atoms with van der Waals surface area (Å²) >= 11 is 1.31. The van der Waals surface area contributed by atoms with Crippen molar-refractivity contribution >= 4 is 22.2 Å². The van der Waals surface area contributed by atoms with Gasteiger partial charge in [0.2, 0.25) is 0 Å². The molecule has 2 aromatic heterocycles. The van der Waals surface area contributed by atoms with Crippen LogP contribution in [-0.4, -0.2) is 21.8 Å². The molecule has 0 saturated carbocycles. The number of amides is 1. The van der Waals surface area contributed by atoms with Gasteiger partial charge in [0.05, 0.1) is 11.3 Å². The number of carbonyl (C=O) groups is 1. The molecule has 4 aromatic rings. The summed E-state index contributed by atoms with van der Waals surface area (Å²) in [5.74, 6) is -0.822. The predicted molar refractivity (Wildman–Crippen MR) is 106 cm³/mol. The summed E-state index contributed by atoms with van der Waals surface area (Å²) in [7, 11) is 0. The standard InChI is InChI=1S/C21H15F4N3OS/c22-16-4-2-1-3-13(16)9-10-26-19(29)17-18(28-11-12-30-20(28)27-17)14-5-7-15(8-6-14)21(23,24)25/h1-8,11-12H,9-10H2,(H,26,29). The predicted octanol–water partition coefficient (Wildman–Crippen LogP) is 5.19. The molecule has 2 aromatic carbocycles. The van der Waals surface area contributed by atoms with Crippen molar-refractivity contribution in [3.8, 4) is 11.3 Å². The number of thiazole rings is 1. The first kappa shape index (κ1) is 20.1. The van der Waals surface area contributed by atoms with E-state index in [1.54, 1.807) is 34.2 Å². The minimum atomic E-state index is -4.44. The maximum atomic E-state index is 13.7. The highest BCUT2D eigenvalue weighted by Gasteiger charge is 2.30. The largest absolute Gasteiger partial charge is 0.416 e. The van der Waals surface area contributed by atoms with Gasteiger partial charge in [-0.3, -0.25) is 9.20 Å². The van der Waals surface area contributed by atoms with Crippen LogP contribution in [0.4, 0.5) is 17.6 Å². The molecule has 4 rings (SSSR count). The highest BCUT2D eigenvalue weighted by molar-refractivity contribution is 7.15. The molecular formula is C21H15F4N3OS. The fraction of sp³-hybridized carbons (Fsp3) is 0.143. The Balaban J connectivity index is 1.59. The average Bonchev–Trinajstić information content (AvgIpc) is 3.30. The Morgan fingerprint density at radius 2 is 1.83 bits per heavy atom. The van der Waals surface area contributed by atoms with Gasteiger partial charge in [-0.25, -0.2) is 9.37 Å². The van der Waals surface area contributed by atoms with E-state index in [1.165, 1.54) is 29.5 Å². The molecule has 0 bridgehead atoms. The Morgan fingerprint density at radius 1 is 1.10 bits per heavy atom. The third-order valence-electron chi connectivity index (χ3n) is 4.60. The van der Waals surface area contributed by atoms with Gasteiger partial charge >= 0.3 is 6.18 Å². The van der Waals surface area contributed by atoms with Crippen LogP contribution in [0.2, 0.25) is 0 Å². The fourth-order valence-corrected chi connectivity index (χ4v) is 3.85. The first-order valence-electron chi connectivity index (χ1n) is 8.99. The molecule has 0 radical (unpaired) electrons. The van der Waals surface area contributed by atoms with Crippen LogP contribution in [0, 0.1) is 5.82 Å². The topological polar surface area (TPSA) is 46.4 Å². The Morgan fingerprint density at radius 3 is 2.53 bits per heavy atom. The number of hydrogen-bond acceptors (Lipinski definition) is 3. The molecule has 0 aliphatic rings. The third kappa shape index (κ3) is 3.93. The first-order valence-corrected chi connectivity index (χ1v) is 9.87. The van der Waals surface area contributed by atoms with E-state index in [0.717, 1.165) is 12.1 Å². The third-order valence-corrected chi connectivity index (χ3v) is 5.36. The zero-order chi connectivity index (χ0) is 21.3. The molecule has 154 valence electrons. The maximum Gasteiger partial charge on any atom is 0.416 e. The van der Waals surface area contributed by atoms with Crippen molar-refractivity contribution in [3.63, 3.8) is 0 Å². The lowest BCUT2D eigenvalue weighted by Crippen LogP contribution is -2.26. The van der Waals surface area contributed by atoms with Gasteiger partial charge in [-0.15, -0.1) is 11.3 Å². The quantitative estimate of drug-likeness (QED) is 0.440. The van der Waals surface area contributed by atoms with Gasteiger partial charge < -0.3 is 5.32 Å². The second-order valence-electron chi connectivity index (χ2n) is 6.54. The number of imidazole rings is 1. The minimum absolute atomic E-state index is 0.107. The number of alkyl halides is 3. The van der Waals surface area contributed by atoms with Crippen LogP contribution in [-0.2, 0) is 12.6 Å². The molecule has 0 aliphatic carbocycles. The van der Waals surface area contributed by atoms with Gasteiger partial charge in [0, 0.05) is 23.7 Å². The van der Waals surface area contributed by atoms with E-state index in [-0.39, 0.29) is 18.1 Å². The van der Waals surface area contributed by atoms with Crippen LogP contribution in [0.3, 0.4) is 0 Å². The van der Waals surface area contributed by atoms with Crippen molar-refractivity contribution in [2.45, 2.75) is 12.6 Å². The van der Waals surface area contributed by atoms with Gasteiger partial charge in [-0.1, -0.05) is 30.3 Å². The Labute approximate surface area is 172 Å². The van der Waals surface area contributed by atoms with E-state index in [2.05, 4.69) is 10.3 Å². The summed E-state index contributed by atoms with van der Waals surface area (Å²) in [6, 6.07) is 10.9. The van der Waals surface area contributed by atoms with Crippen molar-refractivity contribution in [2.24, 2.45) is 0 Å². The Hall–Kier alpha value is -3.20. The van der Waals surface area contributed by atoms with Gasteiger partial charge in [0.15, 0.2) is 10.7 Å². The summed E-state index contributed by atoms with van der Waals surface area (Å²) in [5.41, 5.74) is 0.659. The van der Waals surface area contributed by atoms with Crippen molar-refractivity contribution in [1.82, 2.24) is 14.7 Å². The molecular weight excluding hydrogens is 418 g/mol. The Bertz CT molecular complexity index is 1200. The molecule has 2 heterocycles. The van der Waals surface area contributed by atoms with E-state index in [0.29, 0.717) is 28.2 Å². The van der Waals surface area contributed by atoms with Crippen LogP contribution in [0.5, 0.6) is 0 Å². The van der Waals surface area contributed by atoms with E-state index >= 15 is 0 Å². The SMILES string of the molecule is O=C(NCCc1ccccc1F)c1nc2sccn2c1-c1ccc(C(F)(F)F)cc1. The molecule has 0 spiro atoms. The summed E-state index contributed by atoms with van der Waals surface area (Å²) in [6.07, 6.45) is -2.44. The second kappa shape index (κ2) is 7.91. The number of rotatable bonds is 5. The lowest BCUT2D eigenvalue weighted by atomic mass is 10.1. The molecule has 1 amide bonds. The highest BCUT2D eigenvalue weighted by Crippen LogP contribution is 2.32. The van der Waals surface area contributed by atoms with E-state index in [4.69, 9.17) is 0 Å². The summed E-state index contributed by atoms with van der Waals surface area (Å²) in [4.78, 5) is 17.6. The van der Waals surface area contributed by atoms with Gasteiger partial charge in [0.1, 0.15) is 5.82 Å². The number of nitrogens with zero attached hydrogens (tertiary/aromatic N) is 2. The molecule has 0 aliphatic heterocycles. The molecule has 1 N–H and O–H groups in total. The number of carbonyl (C=O) groups excluding carboxylic acids is 1. The van der Waals surface area contributed by atoms with E-state index in [9.17, 15) is 22.4 Å². The van der Waals surface area contributed by atoms with E-state index in [1.807, 2.05) is 0 Å². The van der Waals surface area contributed by atoms with Crippen LogP contribution >= 0.6 is 11.3 Å². The first-order chi connectivity index (χ1) is 14.3. The number of hydrogen-bond donors (Lipinski definition) is 1. The second-order valence-corrected chi connectivity index (χ2v) is 7.41. The molecule has 0 unspecified atom stereocenters. The van der Waals surface area contributed by atoms with Gasteiger partial charge in [-0.2, -0.15) is 13.2 Å². The minimum Gasteiger partial charge on any atom is -0.350 e. The van der Waals surface area contributed by atoms with Crippen LogP contribution in [0.1, 0.15) is 21.6 Å². The molecule has 4 nitrogen and oxygen atoms in total. The van der Waals surface area contributed by atoms with Crippen molar-refractivity contribution in [3.05, 3.63) is 82.7 Å². The molecule has 0 atom stereocenters. The normalized spacial score (nSPS) is 11.7. The van der Waals surface area contributed by atoms with Crippen LogP contribution in [0.15, 0.2) is 60.1 Å². The van der Waals surface area contributed by atoms with Crippen molar-refractivity contribution in [1.29, 1.82) is 0 Å². The zero-order valence-corrected chi connectivity index (χ0v) is 16.2. The highest BCUT2D eigenvalue weighted by atomic mass is 32.1. The van der Waals surface area contributed by atoms with Gasteiger partial charge in [0.25, 0.3) is 5.91 Å². The number of fused-ring (bicyclic) bond motifs is 1. The fourth-order valence-electron chi connectivity index (χ4n) is 3.13. The maximum absolute atomic E-state index is 13.7. The number of aromatic nitrogens is 2. The molecule has 0 saturated heterocycles. The summed E-state index contributed by atoms with van der Waals surface area (Å²) in [6.45, 7) is 0.192. The number of nitrogens with one attached hydrogen (secondary N) is 1. The van der Waals surface area contributed by atoms with E-state index < -0.39 is 17.6 Å². The molecule has 30 heavy (non-hydrogen) atoms. The summed E-state index contributed by atoms with van der Waals surface area (Å²) in [5, 5.41) is 4.49. The van der Waals surface area contributed by atoms with Crippen molar-refractivity contribution < 1.29 is 22.4 Å². The van der Waals surface area contributed by atoms with Crippen LogP contribution < -0.4 is 5.32 Å². The molecule has 9 heteroatoms. The number of halogens is 4. The lowest BCUT2D eigenvalue weighted by Gasteiger charge is -2.09. The van der Waals surface area contributed by atoms with Gasteiger partial charge in [-0.05, 0) is 30.2 Å².